The van der Waals surface area contributed by atoms with Crippen LogP contribution in [0.15, 0.2) is 54.9 Å². The monoisotopic (exact) mass is 487 g/mol. The zero-order valence-electron chi connectivity index (χ0n) is 19.2. The standard InChI is InChI=1S/C18H14ClFN4O.C6H12O.CH5N/c19-13-3-1-2-11(8-13)10-24-18(25)14-5-4-12(9-15(14)20)16-17(21)23-7-6-22-16;7-6-4-2-1-3-5-6;1-2/h1-9H,10H2,(H2,21,23)(H,24,25);6-7H,1-5H2;2H2,1H3. The van der Waals surface area contributed by atoms with Crippen molar-refractivity contribution in [3.05, 3.63) is 76.8 Å². The molecule has 1 aliphatic carbocycles. The van der Waals surface area contributed by atoms with Crippen molar-refractivity contribution in [2.75, 3.05) is 12.8 Å². The van der Waals surface area contributed by atoms with Crippen molar-refractivity contribution in [1.82, 2.24) is 15.3 Å². The fourth-order valence-electron chi connectivity index (χ4n) is 3.42. The lowest BCUT2D eigenvalue weighted by Crippen LogP contribution is -2.23. The van der Waals surface area contributed by atoms with Gasteiger partial charge in [-0.15, -0.1) is 0 Å². The van der Waals surface area contributed by atoms with Crippen LogP contribution in [0, 0.1) is 5.82 Å². The van der Waals surface area contributed by atoms with Gasteiger partial charge in [-0.3, -0.25) is 9.78 Å². The highest BCUT2D eigenvalue weighted by Crippen LogP contribution is 2.23. The minimum absolute atomic E-state index is 0.0359. The average Bonchev–Trinajstić information content (AvgIpc) is 2.85. The van der Waals surface area contributed by atoms with E-state index in [0.717, 1.165) is 18.4 Å². The fraction of sp³-hybridized carbons (Fsp3) is 0.320. The van der Waals surface area contributed by atoms with Crippen molar-refractivity contribution in [1.29, 1.82) is 0 Å². The number of amides is 1. The van der Waals surface area contributed by atoms with Crippen molar-refractivity contribution >= 4 is 23.3 Å². The van der Waals surface area contributed by atoms with E-state index >= 15 is 0 Å². The van der Waals surface area contributed by atoms with Gasteiger partial charge in [0.2, 0.25) is 0 Å². The van der Waals surface area contributed by atoms with Crippen LogP contribution in [-0.4, -0.2) is 34.1 Å². The smallest absolute Gasteiger partial charge is 0.254 e. The van der Waals surface area contributed by atoms with Crippen molar-refractivity contribution in [3.8, 4) is 11.3 Å². The molecule has 2 aromatic carbocycles. The maximum absolute atomic E-state index is 14.3. The molecule has 0 saturated heterocycles. The summed E-state index contributed by atoms with van der Waals surface area (Å²) in [6.45, 7) is 0.248. The SMILES string of the molecule is CN.Nc1nccnc1-c1ccc(C(=O)NCc2cccc(Cl)c2)c(F)c1.OC1CCCCC1. The molecule has 0 bridgehead atoms. The van der Waals surface area contributed by atoms with Crippen molar-refractivity contribution in [2.24, 2.45) is 5.73 Å². The Labute approximate surface area is 204 Å². The van der Waals surface area contributed by atoms with Gasteiger partial charge >= 0.3 is 0 Å². The van der Waals surface area contributed by atoms with E-state index < -0.39 is 11.7 Å². The highest BCUT2D eigenvalue weighted by Gasteiger charge is 2.14. The first-order chi connectivity index (χ1) is 16.4. The Morgan fingerprint density at radius 3 is 2.41 bits per heavy atom. The zero-order chi connectivity index (χ0) is 24.9. The zero-order valence-corrected chi connectivity index (χ0v) is 19.9. The predicted molar refractivity (Wildman–Crippen MR) is 134 cm³/mol. The molecular formula is C25H31ClFN5O2. The molecule has 1 heterocycles. The van der Waals surface area contributed by atoms with Crippen LogP contribution in [0.5, 0.6) is 0 Å². The second-order valence-electron chi connectivity index (χ2n) is 7.59. The molecule has 1 aliphatic rings. The quantitative estimate of drug-likeness (QED) is 0.433. The second kappa shape index (κ2) is 14.2. The van der Waals surface area contributed by atoms with E-state index in [1.807, 2.05) is 6.07 Å². The third-order valence-corrected chi connectivity index (χ3v) is 5.37. The minimum atomic E-state index is -0.661. The Morgan fingerprint density at radius 2 is 1.82 bits per heavy atom. The lowest BCUT2D eigenvalue weighted by Gasteiger charge is -2.14. The van der Waals surface area contributed by atoms with Gasteiger partial charge in [0.1, 0.15) is 17.3 Å². The van der Waals surface area contributed by atoms with E-state index in [2.05, 4.69) is 21.0 Å². The Bertz CT molecular complexity index is 1060. The lowest BCUT2D eigenvalue weighted by molar-refractivity contribution is 0.0947. The van der Waals surface area contributed by atoms with Gasteiger partial charge in [-0.1, -0.05) is 49.1 Å². The number of aromatic nitrogens is 2. The Kier molecular flexibility index (Phi) is 11.4. The number of rotatable bonds is 4. The molecule has 0 atom stereocenters. The number of aliphatic hydroxyl groups excluding tert-OH is 1. The molecule has 0 aliphatic heterocycles. The van der Waals surface area contributed by atoms with Crippen molar-refractivity contribution < 1.29 is 14.3 Å². The van der Waals surface area contributed by atoms with Gasteiger partial charge in [-0.2, -0.15) is 0 Å². The maximum atomic E-state index is 14.3. The Balaban J connectivity index is 0.000000384. The number of nitrogen functional groups attached to an aromatic ring is 1. The van der Waals surface area contributed by atoms with Gasteiger partial charge in [0.25, 0.3) is 5.91 Å². The number of carbonyl (C=O) groups excluding carboxylic acids is 1. The third kappa shape index (κ3) is 8.37. The molecule has 6 N–H and O–H groups in total. The second-order valence-corrected chi connectivity index (χ2v) is 8.03. The lowest BCUT2D eigenvalue weighted by atomic mass is 9.98. The number of halogens is 2. The van der Waals surface area contributed by atoms with Crippen LogP contribution in [-0.2, 0) is 6.54 Å². The van der Waals surface area contributed by atoms with Gasteiger partial charge in [0, 0.05) is 29.5 Å². The summed E-state index contributed by atoms with van der Waals surface area (Å²) in [4.78, 5) is 20.2. The van der Waals surface area contributed by atoms with E-state index in [9.17, 15) is 9.18 Å². The number of hydrogen-bond donors (Lipinski definition) is 4. The van der Waals surface area contributed by atoms with Gasteiger partial charge in [-0.05, 0) is 49.7 Å². The summed E-state index contributed by atoms with van der Waals surface area (Å²) < 4.78 is 14.3. The van der Waals surface area contributed by atoms with Crippen LogP contribution in [0.3, 0.4) is 0 Å². The summed E-state index contributed by atoms with van der Waals surface area (Å²) in [5, 5.41) is 12.1. The maximum Gasteiger partial charge on any atom is 0.254 e. The molecule has 9 heteroatoms. The van der Waals surface area contributed by atoms with E-state index in [-0.39, 0.29) is 24.0 Å². The molecule has 0 unspecified atom stereocenters. The molecular weight excluding hydrogens is 457 g/mol. The number of hydrogen-bond acceptors (Lipinski definition) is 6. The molecule has 182 valence electrons. The Hall–Kier alpha value is -3.07. The van der Waals surface area contributed by atoms with Crippen LogP contribution in [0.2, 0.25) is 5.02 Å². The highest BCUT2D eigenvalue weighted by molar-refractivity contribution is 6.30. The topological polar surface area (TPSA) is 127 Å². The number of nitrogens with two attached hydrogens (primary N) is 2. The van der Waals surface area contributed by atoms with Crippen molar-refractivity contribution in [3.63, 3.8) is 0 Å². The molecule has 1 aromatic heterocycles. The molecule has 1 fully saturated rings. The van der Waals surface area contributed by atoms with E-state index in [1.54, 1.807) is 24.3 Å². The van der Waals surface area contributed by atoms with Gasteiger partial charge in [0.15, 0.2) is 0 Å². The molecule has 3 aromatic rings. The van der Waals surface area contributed by atoms with Gasteiger partial charge < -0.3 is 21.9 Å². The number of carbonyl (C=O) groups is 1. The first kappa shape index (κ1) is 27.2. The summed E-state index contributed by atoms with van der Waals surface area (Å²) in [7, 11) is 1.50. The predicted octanol–water partition coefficient (Wildman–Crippen LogP) is 4.33. The van der Waals surface area contributed by atoms with Gasteiger partial charge in [0.05, 0.1) is 11.7 Å². The number of benzene rings is 2. The summed E-state index contributed by atoms with van der Waals surface area (Å²) in [6, 6.07) is 11.3. The highest BCUT2D eigenvalue weighted by atomic mass is 35.5. The van der Waals surface area contributed by atoms with Crippen LogP contribution >= 0.6 is 11.6 Å². The molecule has 1 amide bonds. The number of aliphatic hydroxyl groups is 1. The fourth-order valence-corrected chi connectivity index (χ4v) is 3.64. The van der Waals surface area contributed by atoms with Gasteiger partial charge in [-0.25, -0.2) is 9.37 Å². The normalized spacial score (nSPS) is 13.1. The van der Waals surface area contributed by atoms with Crippen LogP contribution in [0.4, 0.5) is 10.2 Å². The summed E-state index contributed by atoms with van der Waals surface area (Å²) in [5.41, 5.74) is 11.8. The molecule has 34 heavy (non-hydrogen) atoms. The molecule has 7 nitrogen and oxygen atoms in total. The number of nitrogens with zero attached hydrogens (tertiary/aromatic N) is 2. The van der Waals surface area contributed by atoms with E-state index in [4.69, 9.17) is 22.4 Å². The third-order valence-electron chi connectivity index (χ3n) is 5.13. The molecule has 4 rings (SSSR count). The Morgan fingerprint density at radius 1 is 1.12 bits per heavy atom. The first-order valence-corrected chi connectivity index (χ1v) is 11.5. The molecule has 0 radical (unpaired) electrons. The summed E-state index contributed by atoms with van der Waals surface area (Å²) in [6.07, 6.45) is 8.84. The molecule has 1 saturated carbocycles. The van der Waals surface area contributed by atoms with Crippen LogP contribution in [0.25, 0.3) is 11.3 Å². The van der Waals surface area contributed by atoms with Crippen LogP contribution in [0.1, 0.15) is 48.0 Å². The number of nitrogens with one attached hydrogen (secondary N) is 1. The van der Waals surface area contributed by atoms with Crippen LogP contribution < -0.4 is 16.8 Å². The first-order valence-electron chi connectivity index (χ1n) is 11.1. The number of anilines is 1. The van der Waals surface area contributed by atoms with E-state index in [1.165, 1.54) is 50.8 Å². The minimum Gasteiger partial charge on any atom is -0.393 e. The van der Waals surface area contributed by atoms with Crippen molar-refractivity contribution in [2.45, 2.75) is 44.8 Å². The van der Waals surface area contributed by atoms with E-state index in [0.29, 0.717) is 16.3 Å². The summed E-state index contributed by atoms with van der Waals surface area (Å²) in [5.74, 6) is -0.984. The largest absolute Gasteiger partial charge is 0.393 e. The average molecular weight is 488 g/mol. The summed E-state index contributed by atoms with van der Waals surface area (Å²) >= 11 is 5.90. The molecule has 0 spiro atoms.